The van der Waals surface area contributed by atoms with Gasteiger partial charge in [0.05, 0.1) is 5.56 Å². The molecule has 6 heteroatoms. The summed E-state index contributed by atoms with van der Waals surface area (Å²) in [7, 11) is 0. The van der Waals surface area contributed by atoms with Crippen molar-refractivity contribution in [3.05, 3.63) is 40.7 Å². The Hall–Kier alpha value is -2.50. The minimum Gasteiger partial charge on any atom is -0.383 e. The molecule has 0 saturated heterocycles. The molecule has 2 aromatic rings. The molecule has 94 valence electrons. The maximum atomic E-state index is 12.1. The molecule has 0 saturated carbocycles. The Bertz CT molecular complexity index is 613. The number of aromatic amines is 1. The van der Waals surface area contributed by atoms with Crippen molar-refractivity contribution in [1.82, 2.24) is 15.1 Å². The minimum atomic E-state index is -0.517. The fraction of sp³-hybridized carbons (Fsp3) is 0.167. The molecular weight excluding hydrogens is 232 g/mol. The van der Waals surface area contributed by atoms with E-state index in [4.69, 9.17) is 5.73 Å². The second kappa shape index (κ2) is 4.79. The number of H-pyrrole nitrogens is 1. The maximum Gasteiger partial charge on any atom is 0.343 e. The van der Waals surface area contributed by atoms with Crippen LogP contribution in [0, 0.1) is 0 Å². The van der Waals surface area contributed by atoms with Gasteiger partial charge in [-0.2, -0.15) is 4.68 Å². The first-order chi connectivity index (χ1) is 8.65. The number of carbonyl (C=O) groups excluding carboxylic acids is 1. The monoisotopic (exact) mass is 246 g/mol. The van der Waals surface area contributed by atoms with E-state index in [9.17, 15) is 9.59 Å². The summed E-state index contributed by atoms with van der Waals surface area (Å²) in [6, 6.07) is 8.46. The molecule has 0 aliphatic heterocycles. The number of hydrogen-bond donors (Lipinski definition) is 3. The normalized spacial score (nSPS) is 10.3. The quantitative estimate of drug-likeness (QED) is 0.738. The molecule has 0 bridgehead atoms. The topological polar surface area (TPSA) is 92.9 Å². The number of rotatable bonds is 2. The van der Waals surface area contributed by atoms with Crippen molar-refractivity contribution in [3.8, 4) is 11.1 Å². The van der Waals surface area contributed by atoms with Crippen LogP contribution in [0.1, 0.15) is 6.92 Å². The number of nitrogens with one attached hydrogen (secondary N) is 2. The molecule has 0 spiro atoms. The van der Waals surface area contributed by atoms with Gasteiger partial charge >= 0.3 is 6.03 Å². The molecule has 1 aromatic heterocycles. The second-order valence-electron chi connectivity index (χ2n) is 3.74. The van der Waals surface area contributed by atoms with Crippen LogP contribution in [0.25, 0.3) is 11.1 Å². The number of carbonyl (C=O) groups is 1. The van der Waals surface area contributed by atoms with Gasteiger partial charge in [0, 0.05) is 6.54 Å². The first-order valence-corrected chi connectivity index (χ1v) is 5.59. The molecule has 0 aliphatic carbocycles. The van der Waals surface area contributed by atoms with Crippen LogP contribution < -0.4 is 16.6 Å². The molecule has 1 aromatic carbocycles. The highest BCUT2D eigenvalue weighted by atomic mass is 16.2. The van der Waals surface area contributed by atoms with Gasteiger partial charge in [0.25, 0.3) is 5.56 Å². The molecule has 1 heterocycles. The zero-order valence-electron chi connectivity index (χ0n) is 9.93. The Morgan fingerprint density at radius 1 is 1.39 bits per heavy atom. The zero-order chi connectivity index (χ0) is 13.1. The number of anilines is 1. The summed E-state index contributed by atoms with van der Waals surface area (Å²) in [5.41, 5.74) is 6.28. The third-order valence-corrected chi connectivity index (χ3v) is 2.51. The van der Waals surface area contributed by atoms with Gasteiger partial charge in [-0.05, 0) is 12.5 Å². The van der Waals surface area contributed by atoms with Crippen LogP contribution in [0.3, 0.4) is 0 Å². The van der Waals surface area contributed by atoms with Crippen molar-refractivity contribution < 1.29 is 4.79 Å². The lowest BCUT2D eigenvalue weighted by atomic mass is 10.1. The molecule has 0 atom stereocenters. The summed E-state index contributed by atoms with van der Waals surface area (Å²) >= 11 is 0. The lowest BCUT2D eigenvalue weighted by Crippen LogP contribution is -2.35. The highest BCUT2D eigenvalue weighted by Gasteiger charge is 2.17. The van der Waals surface area contributed by atoms with E-state index in [-0.39, 0.29) is 5.82 Å². The van der Waals surface area contributed by atoms with E-state index in [0.29, 0.717) is 17.7 Å². The molecule has 18 heavy (non-hydrogen) atoms. The fourth-order valence-corrected chi connectivity index (χ4v) is 1.71. The smallest absolute Gasteiger partial charge is 0.343 e. The van der Waals surface area contributed by atoms with Gasteiger partial charge < -0.3 is 11.1 Å². The number of amides is 1. The summed E-state index contributed by atoms with van der Waals surface area (Å²) in [4.78, 5) is 23.7. The number of aromatic nitrogens is 2. The number of nitrogens with zero attached hydrogens (tertiary/aromatic N) is 1. The summed E-state index contributed by atoms with van der Waals surface area (Å²) in [5, 5.41) is 5.10. The lowest BCUT2D eigenvalue weighted by molar-refractivity contribution is 0.239. The zero-order valence-corrected chi connectivity index (χ0v) is 9.93. The largest absolute Gasteiger partial charge is 0.383 e. The van der Waals surface area contributed by atoms with Crippen LogP contribution in [-0.4, -0.2) is 22.4 Å². The van der Waals surface area contributed by atoms with Crippen molar-refractivity contribution in [3.63, 3.8) is 0 Å². The summed E-state index contributed by atoms with van der Waals surface area (Å²) in [6.07, 6.45) is 0. The number of nitrogen functional groups attached to an aromatic ring is 1. The van der Waals surface area contributed by atoms with E-state index in [1.807, 2.05) is 6.07 Å². The summed E-state index contributed by atoms with van der Waals surface area (Å²) < 4.78 is 0.876. The van der Waals surface area contributed by atoms with Crippen LogP contribution in [-0.2, 0) is 0 Å². The molecule has 4 N–H and O–H groups in total. The average molecular weight is 246 g/mol. The Labute approximate surface area is 103 Å². The van der Waals surface area contributed by atoms with Crippen molar-refractivity contribution in [2.75, 3.05) is 12.3 Å². The highest BCUT2D eigenvalue weighted by Crippen LogP contribution is 2.19. The SMILES string of the molecule is CCNC(=O)n1[nH]c(N)c(-c2ccccc2)c1=O. The summed E-state index contributed by atoms with van der Waals surface area (Å²) in [6.45, 7) is 2.21. The Morgan fingerprint density at radius 2 is 2.06 bits per heavy atom. The van der Waals surface area contributed by atoms with E-state index in [2.05, 4.69) is 10.4 Å². The summed E-state index contributed by atoms with van der Waals surface area (Å²) in [5.74, 6) is 0.178. The predicted octanol–water partition coefficient (Wildman–Crippen LogP) is 1.00. The first-order valence-electron chi connectivity index (χ1n) is 5.59. The molecule has 1 amide bonds. The fourth-order valence-electron chi connectivity index (χ4n) is 1.71. The molecule has 0 unspecified atom stereocenters. The molecule has 0 fully saturated rings. The molecule has 2 rings (SSSR count). The first kappa shape index (κ1) is 12.0. The van der Waals surface area contributed by atoms with Crippen LogP contribution in [0.2, 0.25) is 0 Å². The third-order valence-electron chi connectivity index (χ3n) is 2.51. The van der Waals surface area contributed by atoms with Gasteiger partial charge in [-0.1, -0.05) is 30.3 Å². The molecule has 6 nitrogen and oxygen atoms in total. The Balaban J connectivity index is 2.52. The van der Waals surface area contributed by atoms with Gasteiger partial charge in [0.15, 0.2) is 0 Å². The van der Waals surface area contributed by atoms with E-state index in [0.717, 1.165) is 4.68 Å². The Morgan fingerprint density at radius 3 is 2.67 bits per heavy atom. The highest BCUT2D eigenvalue weighted by molar-refractivity contribution is 5.80. The number of hydrogen-bond acceptors (Lipinski definition) is 3. The van der Waals surface area contributed by atoms with Crippen LogP contribution in [0.4, 0.5) is 10.6 Å². The van der Waals surface area contributed by atoms with Gasteiger partial charge in [-0.3, -0.25) is 9.89 Å². The van der Waals surface area contributed by atoms with Gasteiger partial charge in [-0.15, -0.1) is 0 Å². The van der Waals surface area contributed by atoms with E-state index < -0.39 is 11.6 Å². The molecule has 0 aliphatic rings. The van der Waals surface area contributed by atoms with Crippen LogP contribution in [0.5, 0.6) is 0 Å². The lowest BCUT2D eigenvalue weighted by Gasteiger charge is -1.99. The van der Waals surface area contributed by atoms with Gasteiger partial charge in [0.1, 0.15) is 5.82 Å². The Kier molecular flexibility index (Phi) is 3.18. The third kappa shape index (κ3) is 2.00. The van der Waals surface area contributed by atoms with Crippen molar-refractivity contribution >= 4 is 11.8 Å². The van der Waals surface area contributed by atoms with Gasteiger partial charge in [0.2, 0.25) is 0 Å². The van der Waals surface area contributed by atoms with Crippen molar-refractivity contribution in [1.29, 1.82) is 0 Å². The minimum absolute atomic E-state index is 0.178. The number of benzene rings is 1. The van der Waals surface area contributed by atoms with Gasteiger partial charge in [-0.25, -0.2) is 4.79 Å². The van der Waals surface area contributed by atoms with E-state index >= 15 is 0 Å². The molecule has 0 radical (unpaired) electrons. The van der Waals surface area contributed by atoms with E-state index in [1.165, 1.54) is 0 Å². The van der Waals surface area contributed by atoms with Crippen LogP contribution in [0.15, 0.2) is 35.1 Å². The average Bonchev–Trinajstić information content (AvgIpc) is 2.66. The maximum absolute atomic E-state index is 12.1. The van der Waals surface area contributed by atoms with E-state index in [1.54, 1.807) is 31.2 Å². The standard InChI is InChI=1S/C12H14N4O2/c1-2-14-12(18)16-11(17)9(10(13)15-16)8-6-4-3-5-7-8/h3-7,15H,2,13H2,1H3,(H,14,18). The second-order valence-corrected chi connectivity index (χ2v) is 3.74. The number of nitrogens with two attached hydrogens (primary N) is 1. The molecular formula is C12H14N4O2. The van der Waals surface area contributed by atoms with Crippen molar-refractivity contribution in [2.45, 2.75) is 6.92 Å². The van der Waals surface area contributed by atoms with Crippen molar-refractivity contribution in [2.24, 2.45) is 0 Å². The predicted molar refractivity (Wildman–Crippen MR) is 69.4 cm³/mol. The van der Waals surface area contributed by atoms with Crippen LogP contribution >= 0.6 is 0 Å².